The van der Waals surface area contributed by atoms with Crippen LogP contribution in [-0.2, 0) is 30.6 Å². The minimum Gasteiger partial charge on any atom is -0.495 e. The van der Waals surface area contributed by atoms with E-state index in [4.69, 9.17) is 4.74 Å². The molecule has 192 valence electrons. The van der Waals surface area contributed by atoms with E-state index in [0.717, 1.165) is 11.1 Å². The summed E-state index contributed by atoms with van der Waals surface area (Å²) in [7, 11) is -5.82. The van der Waals surface area contributed by atoms with E-state index in [-0.39, 0.29) is 41.4 Å². The van der Waals surface area contributed by atoms with E-state index in [9.17, 15) is 21.6 Å². The molecule has 0 aliphatic carbocycles. The van der Waals surface area contributed by atoms with Gasteiger partial charge in [0.1, 0.15) is 5.75 Å². The second kappa shape index (κ2) is 11.1. The topological polar surface area (TPSA) is 122 Å². The zero-order valence-corrected chi connectivity index (χ0v) is 22.1. The first-order valence-corrected chi connectivity index (χ1v) is 14.6. The van der Waals surface area contributed by atoms with E-state index in [2.05, 4.69) is 10.0 Å². The molecule has 1 aliphatic heterocycles. The molecule has 1 heterocycles. The van der Waals surface area contributed by atoms with Crippen LogP contribution in [0, 0.1) is 12.8 Å². The lowest BCUT2D eigenvalue weighted by Gasteiger charge is -2.30. The van der Waals surface area contributed by atoms with Crippen molar-refractivity contribution < 1.29 is 26.4 Å². The summed E-state index contributed by atoms with van der Waals surface area (Å²) < 4.78 is 60.1. The minimum absolute atomic E-state index is 0.0134. The van der Waals surface area contributed by atoms with Crippen molar-refractivity contribution in [1.82, 2.24) is 9.03 Å². The third-order valence-corrected chi connectivity index (χ3v) is 9.43. The lowest BCUT2D eigenvalue weighted by atomic mass is 9.97. The van der Waals surface area contributed by atoms with Gasteiger partial charge in [-0.1, -0.05) is 24.3 Å². The van der Waals surface area contributed by atoms with Crippen LogP contribution in [0.5, 0.6) is 5.75 Å². The SMILES string of the molecule is COc1ccc(S(=O)(=O)NC(C)C)cc1NC(=O)C1CCN(S(=O)(=O)Cc2ccccc2C)CC1. The number of hydrogen-bond acceptors (Lipinski definition) is 6. The van der Waals surface area contributed by atoms with Crippen LogP contribution in [0.3, 0.4) is 0 Å². The highest BCUT2D eigenvalue weighted by Gasteiger charge is 2.32. The lowest BCUT2D eigenvalue weighted by Crippen LogP contribution is -2.42. The van der Waals surface area contributed by atoms with Crippen LogP contribution in [0.15, 0.2) is 47.4 Å². The first kappa shape index (κ1) is 27.1. The molecule has 2 aromatic rings. The van der Waals surface area contributed by atoms with Crippen LogP contribution < -0.4 is 14.8 Å². The van der Waals surface area contributed by atoms with Crippen molar-refractivity contribution in [2.24, 2.45) is 5.92 Å². The molecule has 3 rings (SSSR count). The third-order valence-electron chi connectivity index (χ3n) is 5.95. The van der Waals surface area contributed by atoms with E-state index >= 15 is 0 Å². The summed E-state index contributed by atoms with van der Waals surface area (Å²) in [5.74, 6) is -0.441. The van der Waals surface area contributed by atoms with E-state index in [1.165, 1.54) is 29.6 Å². The molecular formula is C24H33N3O6S2. The molecule has 1 fully saturated rings. The molecule has 1 saturated heterocycles. The summed E-state index contributed by atoms with van der Waals surface area (Å²) in [6.45, 7) is 5.82. The number of piperidine rings is 1. The first-order valence-electron chi connectivity index (χ1n) is 11.5. The first-order chi connectivity index (χ1) is 16.4. The molecule has 2 N–H and O–H groups in total. The predicted octanol–water partition coefficient (Wildman–Crippen LogP) is 2.87. The van der Waals surface area contributed by atoms with Gasteiger partial charge in [0.2, 0.25) is 26.0 Å². The summed E-state index contributed by atoms with van der Waals surface area (Å²) in [6, 6.07) is 11.4. The predicted molar refractivity (Wildman–Crippen MR) is 135 cm³/mol. The Balaban J connectivity index is 1.67. The van der Waals surface area contributed by atoms with Crippen molar-refractivity contribution >= 4 is 31.6 Å². The second-order valence-corrected chi connectivity index (χ2v) is 12.7. The Labute approximate surface area is 208 Å². The molecule has 0 unspecified atom stereocenters. The normalized spacial score (nSPS) is 15.8. The van der Waals surface area contributed by atoms with Gasteiger partial charge in [-0.15, -0.1) is 0 Å². The van der Waals surface area contributed by atoms with Crippen molar-refractivity contribution in [2.75, 3.05) is 25.5 Å². The van der Waals surface area contributed by atoms with Gasteiger partial charge >= 0.3 is 0 Å². The van der Waals surface area contributed by atoms with Crippen LogP contribution >= 0.6 is 0 Å². The van der Waals surface area contributed by atoms with Gasteiger partial charge in [-0.3, -0.25) is 4.79 Å². The Kier molecular flexibility index (Phi) is 8.58. The molecule has 9 nitrogen and oxygen atoms in total. The fourth-order valence-electron chi connectivity index (χ4n) is 4.02. The Hall–Kier alpha value is -2.47. The molecule has 1 amide bonds. The quantitative estimate of drug-likeness (QED) is 0.521. The van der Waals surface area contributed by atoms with Crippen LogP contribution in [0.25, 0.3) is 0 Å². The van der Waals surface area contributed by atoms with E-state index in [1.54, 1.807) is 13.8 Å². The Bertz CT molecular complexity index is 1270. The zero-order chi connectivity index (χ0) is 25.8. The maximum atomic E-state index is 13.0. The molecule has 11 heteroatoms. The van der Waals surface area contributed by atoms with Crippen LogP contribution in [-0.4, -0.2) is 53.3 Å². The number of aryl methyl sites for hydroxylation is 1. The Morgan fingerprint density at radius 1 is 1.09 bits per heavy atom. The monoisotopic (exact) mass is 523 g/mol. The molecule has 35 heavy (non-hydrogen) atoms. The van der Waals surface area contributed by atoms with E-state index in [0.29, 0.717) is 18.6 Å². The van der Waals surface area contributed by atoms with Gasteiger partial charge in [0.25, 0.3) is 0 Å². The molecule has 0 aromatic heterocycles. The van der Waals surface area contributed by atoms with Crippen molar-refractivity contribution in [3.63, 3.8) is 0 Å². The highest BCUT2D eigenvalue weighted by molar-refractivity contribution is 7.89. The maximum absolute atomic E-state index is 13.0. The number of rotatable bonds is 9. The Morgan fingerprint density at radius 3 is 2.34 bits per heavy atom. The van der Waals surface area contributed by atoms with Gasteiger partial charge in [0.05, 0.1) is 23.4 Å². The summed E-state index contributed by atoms with van der Waals surface area (Å²) in [5.41, 5.74) is 1.94. The number of benzene rings is 2. The van der Waals surface area contributed by atoms with Crippen molar-refractivity contribution in [1.29, 1.82) is 0 Å². The van der Waals surface area contributed by atoms with Crippen molar-refractivity contribution in [3.05, 3.63) is 53.6 Å². The number of methoxy groups -OCH3 is 1. The molecule has 0 bridgehead atoms. The smallest absolute Gasteiger partial charge is 0.240 e. The molecule has 0 radical (unpaired) electrons. The largest absolute Gasteiger partial charge is 0.495 e. The number of carbonyl (C=O) groups excluding carboxylic acids is 1. The van der Waals surface area contributed by atoms with Gasteiger partial charge < -0.3 is 10.1 Å². The molecule has 0 saturated carbocycles. The maximum Gasteiger partial charge on any atom is 0.240 e. The molecular weight excluding hydrogens is 490 g/mol. The van der Waals surface area contributed by atoms with Crippen molar-refractivity contribution in [2.45, 2.75) is 50.3 Å². The van der Waals surface area contributed by atoms with E-state index in [1.807, 2.05) is 31.2 Å². The number of nitrogens with zero attached hydrogens (tertiary/aromatic N) is 1. The average molecular weight is 524 g/mol. The van der Waals surface area contributed by atoms with Crippen LogP contribution in [0.2, 0.25) is 0 Å². The van der Waals surface area contributed by atoms with Gasteiger partial charge in [0.15, 0.2) is 0 Å². The highest BCUT2D eigenvalue weighted by Crippen LogP contribution is 2.30. The van der Waals surface area contributed by atoms with Gasteiger partial charge in [-0.25, -0.2) is 25.9 Å². The summed E-state index contributed by atoms with van der Waals surface area (Å²) in [5, 5.41) is 2.77. The fraction of sp³-hybridized carbons (Fsp3) is 0.458. The van der Waals surface area contributed by atoms with Gasteiger partial charge in [-0.05, 0) is 62.9 Å². The molecule has 2 aromatic carbocycles. The average Bonchev–Trinajstić information content (AvgIpc) is 2.79. The number of sulfonamides is 2. The zero-order valence-electron chi connectivity index (χ0n) is 20.4. The van der Waals surface area contributed by atoms with Gasteiger partial charge in [0, 0.05) is 25.0 Å². The number of ether oxygens (including phenoxy) is 1. The highest BCUT2D eigenvalue weighted by atomic mass is 32.2. The fourth-order valence-corrected chi connectivity index (χ4v) is 6.96. The molecule has 0 spiro atoms. The number of amides is 1. The minimum atomic E-state index is -3.75. The number of carbonyl (C=O) groups is 1. The third kappa shape index (κ3) is 6.81. The standard InChI is InChI=1S/C24H33N3O6S2/c1-17(2)26-35(31,32)21-9-10-23(33-4)22(15-21)25-24(28)19-11-13-27(14-12-19)34(29,30)16-20-8-6-5-7-18(20)3/h5-10,15,17,19,26H,11-14,16H2,1-4H3,(H,25,28). The lowest BCUT2D eigenvalue weighted by molar-refractivity contribution is -0.120. The Morgan fingerprint density at radius 2 is 1.74 bits per heavy atom. The summed E-state index contributed by atoms with van der Waals surface area (Å²) >= 11 is 0. The number of hydrogen-bond donors (Lipinski definition) is 2. The molecule has 0 atom stereocenters. The summed E-state index contributed by atoms with van der Waals surface area (Å²) in [4.78, 5) is 13.0. The second-order valence-electron chi connectivity index (χ2n) is 8.98. The van der Waals surface area contributed by atoms with Gasteiger partial charge in [-0.2, -0.15) is 0 Å². The summed E-state index contributed by atoms with van der Waals surface area (Å²) in [6.07, 6.45) is 0.738. The van der Waals surface area contributed by atoms with Crippen LogP contribution in [0.1, 0.15) is 37.8 Å². The van der Waals surface area contributed by atoms with Crippen LogP contribution in [0.4, 0.5) is 5.69 Å². The van der Waals surface area contributed by atoms with E-state index < -0.39 is 26.0 Å². The van der Waals surface area contributed by atoms with Crippen molar-refractivity contribution in [3.8, 4) is 5.75 Å². The number of nitrogens with one attached hydrogen (secondary N) is 2. The number of anilines is 1. The molecule has 1 aliphatic rings.